The van der Waals surface area contributed by atoms with E-state index < -0.39 is 0 Å². The van der Waals surface area contributed by atoms with Gasteiger partial charge in [0.2, 0.25) is 0 Å². The van der Waals surface area contributed by atoms with E-state index in [-0.39, 0.29) is 30.7 Å². The molecule has 5 nitrogen and oxygen atoms in total. The van der Waals surface area contributed by atoms with Crippen LogP contribution >= 0.6 is 36.6 Å². The number of aromatic nitrogens is 2. The molecule has 0 aliphatic carbocycles. The number of likely N-dealkylation sites (tertiary alicyclic amines) is 1. The molecule has 4 rings (SSSR count). The summed E-state index contributed by atoms with van der Waals surface area (Å²) >= 11 is 1.63. The Balaban J connectivity index is 0.00000150. The number of carbonyl (C=O) groups is 1. The number of imidazole rings is 1. The van der Waals surface area contributed by atoms with Gasteiger partial charge in [0.05, 0.1) is 11.0 Å². The molecule has 0 bridgehead atoms. The summed E-state index contributed by atoms with van der Waals surface area (Å²) in [4.78, 5) is 23.0. The van der Waals surface area contributed by atoms with E-state index in [1.165, 1.54) is 0 Å². The summed E-state index contributed by atoms with van der Waals surface area (Å²) in [5, 5.41) is 4.10. The summed E-state index contributed by atoms with van der Waals surface area (Å²) in [5.41, 5.74) is 3.88. The molecule has 0 saturated carbocycles. The van der Waals surface area contributed by atoms with Crippen LogP contribution in [0.15, 0.2) is 53.7 Å². The molecule has 1 aromatic heterocycles. The fourth-order valence-electron chi connectivity index (χ4n) is 3.64. The molecule has 0 radical (unpaired) electrons. The highest BCUT2D eigenvalue weighted by atomic mass is 35.5. The van der Waals surface area contributed by atoms with Crippen molar-refractivity contribution in [3.05, 3.63) is 59.7 Å². The van der Waals surface area contributed by atoms with E-state index in [4.69, 9.17) is 0 Å². The number of rotatable bonds is 6. The van der Waals surface area contributed by atoms with E-state index in [0.29, 0.717) is 5.92 Å². The molecular weight excluding hydrogens is 427 g/mol. The van der Waals surface area contributed by atoms with Crippen LogP contribution < -0.4 is 5.32 Å². The molecular formula is C21H26Cl2N4OS. The molecule has 1 atom stereocenters. The van der Waals surface area contributed by atoms with Gasteiger partial charge in [0.1, 0.15) is 0 Å². The maximum atomic E-state index is 13.0. The van der Waals surface area contributed by atoms with Gasteiger partial charge in [-0.3, -0.25) is 4.79 Å². The van der Waals surface area contributed by atoms with Gasteiger partial charge >= 0.3 is 0 Å². The van der Waals surface area contributed by atoms with Crippen molar-refractivity contribution in [2.45, 2.75) is 17.3 Å². The Hall–Kier alpha value is -1.73. The number of para-hydroxylation sites is 2. The van der Waals surface area contributed by atoms with Crippen LogP contribution in [0.5, 0.6) is 0 Å². The lowest BCUT2D eigenvalue weighted by Gasteiger charge is -2.18. The summed E-state index contributed by atoms with van der Waals surface area (Å²) in [6, 6.07) is 16.0. The zero-order valence-corrected chi connectivity index (χ0v) is 18.7. The highest BCUT2D eigenvalue weighted by molar-refractivity contribution is 7.98. The molecule has 0 spiro atoms. The van der Waals surface area contributed by atoms with Crippen LogP contribution in [-0.2, 0) is 5.75 Å². The van der Waals surface area contributed by atoms with E-state index in [9.17, 15) is 4.79 Å². The van der Waals surface area contributed by atoms with Crippen molar-refractivity contribution in [1.82, 2.24) is 20.2 Å². The largest absolute Gasteiger partial charge is 0.338 e. The normalized spacial score (nSPS) is 15.8. The first-order chi connectivity index (χ1) is 13.2. The molecule has 3 aromatic rings. The minimum Gasteiger partial charge on any atom is -0.338 e. The highest BCUT2D eigenvalue weighted by Gasteiger charge is 2.27. The smallest absolute Gasteiger partial charge is 0.254 e. The van der Waals surface area contributed by atoms with E-state index in [1.54, 1.807) is 11.8 Å². The Labute approximate surface area is 187 Å². The monoisotopic (exact) mass is 452 g/mol. The summed E-state index contributed by atoms with van der Waals surface area (Å²) in [6.45, 7) is 2.65. The van der Waals surface area contributed by atoms with Gasteiger partial charge in [-0.15, -0.1) is 24.8 Å². The van der Waals surface area contributed by atoms with Crippen molar-refractivity contribution in [2.24, 2.45) is 5.92 Å². The van der Waals surface area contributed by atoms with E-state index >= 15 is 0 Å². The average Bonchev–Trinajstić information content (AvgIpc) is 3.33. The van der Waals surface area contributed by atoms with Crippen LogP contribution in [-0.4, -0.2) is 47.5 Å². The molecule has 1 aliphatic rings. The summed E-state index contributed by atoms with van der Waals surface area (Å²) in [6.07, 6.45) is 1.07. The highest BCUT2D eigenvalue weighted by Crippen LogP contribution is 2.26. The molecule has 2 aromatic carbocycles. The number of aromatic amines is 1. The Morgan fingerprint density at radius 1 is 1.21 bits per heavy atom. The van der Waals surface area contributed by atoms with Gasteiger partial charge in [0.15, 0.2) is 5.16 Å². The molecule has 156 valence electrons. The third kappa shape index (κ3) is 5.45. The maximum Gasteiger partial charge on any atom is 0.254 e. The number of carbonyl (C=O) groups excluding carboxylic acids is 1. The van der Waals surface area contributed by atoms with Gasteiger partial charge < -0.3 is 15.2 Å². The van der Waals surface area contributed by atoms with Crippen LogP contribution in [0.2, 0.25) is 0 Å². The van der Waals surface area contributed by atoms with E-state index in [0.717, 1.165) is 59.1 Å². The summed E-state index contributed by atoms with van der Waals surface area (Å²) in [7, 11) is 1.97. The van der Waals surface area contributed by atoms with Crippen LogP contribution in [0.1, 0.15) is 22.3 Å². The predicted octanol–water partition coefficient (Wildman–Crippen LogP) is 4.38. The van der Waals surface area contributed by atoms with Gasteiger partial charge in [-0.05, 0) is 49.7 Å². The Bertz CT molecular complexity index is 916. The molecule has 29 heavy (non-hydrogen) atoms. The quantitative estimate of drug-likeness (QED) is 0.544. The number of benzene rings is 2. The lowest BCUT2D eigenvalue weighted by atomic mass is 10.1. The molecule has 1 saturated heterocycles. The number of thioether (sulfide) groups is 1. The second-order valence-corrected chi connectivity index (χ2v) is 7.93. The lowest BCUT2D eigenvalue weighted by Crippen LogP contribution is -2.31. The minimum atomic E-state index is 0. The van der Waals surface area contributed by atoms with Crippen molar-refractivity contribution in [2.75, 3.05) is 26.7 Å². The minimum absolute atomic E-state index is 0. The van der Waals surface area contributed by atoms with Crippen molar-refractivity contribution < 1.29 is 4.79 Å². The number of hydrogen-bond donors (Lipinski definition) is 2. The number of H-pyrrole nitrogens is 1. The fraction of sp³-hybridized carbons (Fsp3) is 0.333. The van der Waals surface area contributed by atoms with Crippen LogP contribution in [0.4, 0.5) is 0 Å². The zero-order chi connectivity index (χ0) is 18.6. The molecule has 1 aliphatic heterocycles. The standard InChI is InChI=1S/C21H24N4OS.2ClH/c1-22-12-15-10-11-25(13-15)20(26)17-7-3-2-6-16(17)14-27-21-23-18-8-4-5-9-19(18)24-21;;/h2-9,15,22H,10-14H2,1H3,(H,23,24);2*1H. The van der Waals surface area contributed by atoms with Crippen molar-refractivity contribution >= 4 is 53.5 Å². The number of nitrogens with zero attached hydrogens (tertiary/aromatic N) is 2. The van der Waals surface area contributed by atoms with Crippen molar-refractivity contribution in [1.29, 1.82) is 0 Å². The average molecular weight is 453 g/mol. The van der Waals surface area contributed by atoms with Crippen LogP contribution in [0.25, 0.3) is 11.0 Å². The number of amides is 1. The molecule has 1 unspecified atom stereocenters. The van der Waals surface area contributed by atoms with Crippen molar-refractivity contribution in [3.63, 3.8) is 0 Å². The summed E-state index contributed by atoms with van der Waals surface area (Å²) < 4.78 is 0. The lowest BCUT2D eigenvalue weighted by molar-refractivity contribution is 0.0786. The first kappa shape index (κ1) is 23.5. The van der Waals surface area contributed by atoms with Crippen molar-refractivity contribution in [3.8, 4) is 0 Å². The van der Waals surface area contributed by atoms with E-state index in [2.05, 4.69) is 15.3 Å². The number of nitrogens with one attached hydrogen (secondary N) is 2. The fourth-order valence-corrected chi connectivity index (χ4v) is 4.53. The van der Waals surface area contributed by atoms with Crippen LogP contribution in [0, 0.1) is 5.92 Å². The molecule has 1 fully saturated rings. The van der Waals surface area contributed by atoms with Gasteiger partial charge in [0.25, 0.3) is 5.91 Å². The number of halogens is 2. The molecule has 1 amide bonds. The Morgan fingerprint density at radius 3 is 2.76 bits per heavy atom. The second kappa shape index (κ2) is 10.9. The van der Waals surface area contributed by atoms with E-state index in [1.807, 2.05) is 60.5 Å². The third-order valence-corrected chi connectivity index (χ3v) is 5.97. The number of hydrogen-bond acceptors (Lipinski definition) is 4. The topological polar surface area (TPSA) is 61.0 Å². The Kier molecular flexibility index (Phi) is 8.83. The third-order valence-electron chi connectivity index (χ3n) is 5.05. The first-order valence-corrected chi connectivity index (χ1v) is 10.3. The number of fused-ring (bicyclic) bond motifs is 1. The van der Waals surface area contributed by atoms with Gasteiger partial charge in [-0.25, -0.2) is 4.98 Å². The molecule has 2 heterocycles. The second-order valence-electron chi connectivity index (χ2n) is 6.97. The first-order valence-electron chi connectivity index (χ1n) is 9.34. The summed E-state index contributed by atoms with van der Waals surface area (Å²) in [5.74, 6) is 1.42. The SMILES string of the molecule is CNCC1CCN(C(=O)c2ccccc2CSc2nc3ccccc3[nH]2)C1.Cl.Cl. The maximum absolute atomic E-state index is 13.0. The molecule has 2 N–H and O–H groups in total. The van der Waals surface area contributed by atoms with Gasteiger partial charge in [-0.2, -0.15) is 0 Å². The van der Waals surface area contributed by atoms with Gasteiger partial charge in [0, 0.05) is 24.4 Å². The zero-order valence-electron chi connectivity index (χ0n) is 16.3. The van der Waals surface area contributed by atoms with Crippen LogP contribution in [0.3, 0.4) is 0 Å². The molecule has 8 heteroatoms. The van der Waals surface area contributed by atoms with Gasteiger partial charge in [-0.1, -0.05) is 42.1 Å². The Morgan fingerprint density at radius 2 is 1.97 bits per heavy atom. The predicted molar refractivity (Wildman–Crippen MR) is 125 cm³/mol.